The summed E-state index contributed by atoms with van der Waals surface area (Å²) in [5.41, 5.74) is 0. The van der Waals surface area contributed by atoms with Crippen LogP contribution in [-0.4, -0.2) is 80.4 Å². The SMILES string of the molecule is CCCCCCCCCCCCCCCCCCCCOCC(OC(=O)CCCCCCCCCCCCCCCCCCCC)C(O)OP(=O)(O)OCC[N+](C)(C)C. The van der Waals surface area contributed by atoms with E-state index in [1.165, 1.54) is 193 Å². The lowest BCUT2D eigenvalue weighted by molar-refractivity contribution is -0.870. The lowest BCUT2D eigenvalue weighted by Gasteiger charge is -2.26. The number of aliphatic hydroxyl groups is 1. The molecule has 0 aliphatic carbocycles. The van der Waals surface area contributed by atoms with Crippen LogP contribution >= 0.6 is 7.82 Å². The highest BCUT2D eigenvalue weighted by atomic mass is 31.2. The van der Waals surface area contributed by atoms with Crippen molar-refractivity contribution in [1.29, 1.82) is 0 Å². The van der Waals surface area contributed by atoms with Gasteiger partial charge in [0, 0.05) is 13.0 Å². The van der Waals surface area contributed by atoms with Crippen molar-refractivity contribution in [3.05, 3.63) is 0 Å². The molecule has 9 nitrogen and oxygen atoms in total. The highest BCUT2D eigenvalue weighted by Crippen LogP contribution is 2.44. The average Bonchev–Trinajstić information content (AvgIpc) is 3.18. The number of likely N-dealkylation sites (N-methyl/N-ethyl adjacent to an activating group) is 1. The van der Waals surface area contributed by atoms with Gasteiger partial charge in [-0.3, -0.25) is 13.8 Å². The molecule has 0 heterocycles. The number of quaternary nitrogens is 1. The summed E-state index contributed by atoms with van der Waals surface area (Å²) in [5.74, 6) is -0.468. The van der Waals surface area contributed by atoms with Gasteiger partial charge in [0.15, 0.2) is 6.10 Å². The standard InChI is InChI=1S/C49H100NO8P/c1-6-8-10-12-14-16-18-20-22-24-26-28-30-32-34-36-38-40-42-48(51)57-47(49(52)58-59(53,54)56-45-43-50(3,4)5)46-55-44-41-39-37-35-33-31-29-27-25-23-21-19-17-15-13-11-9-7-2/h47,49,52H,6-46H2,1-5H3/p+1. The Morgan fingerprint density at radius 1 is 0.508 bits per heavy atom. The number of carbonyl (C=O) groups is 1. The van der Waals surface area contributed by atoms with E-state index in [9.17, 15) is 19.4 Å². The molecule has 0 aliphatic heterocycles. The number of nitrogens with zero attached hydrogens (tertiary/aromatic N) is 1. The Morgan fingerprint density at radius 2 is 0.831 bits per heavy atom. The van der Waals surface area contributed by atoms with Gasteiger partial charge in [-0.15, -0.1) is 0 Å². The summed E-state index contributed by atoms with van der Waals surface area (Å²) in [4.78, 5) is 23.0. The van der Waals surface area contributed by atoms with Gasteiger partial charge in [0.05, 0.1) is 27.7 Å². The molecular formula is C49H101NO8P+. The number of ether oxygens (including phenoxy) is 2. The van der Waals surface area contributed by atoms with E-state index in [1.807, 2.05) is 21.1 Å². The van der Waals surface area contributed by atoms with Gasteiger partial charge in [0.25, 0.3) is 0 Å². The van der Waals surface area contributed by atoms with Crippen LogP contribution in [0.2, 0.25) is 0 Å². The van der Waals surface area contributed by atoms with E-state index in [0.717, 1.165) is 32.1 Å². The molecule has 59 heavy (non-hydrogen) atoms. The normalized spacial score (nSPS) is 14.1. The summed E-state index contributed by atoms with van der Waals surface area (Å²) in [5, 5.41) is 10.7. The molecule has 10 heteroatoms. The third-order valence-electron chi connectivity index (χ3n) is 11.5. The minimum atomic E-state index is -4.58. The molecule has 0 saturated carbocycles. The van der Waals surface area contributed by atoms with E-state index in [2.05, 4.69) is 13.8 Å². The summed E-state index contributed by atoms with van der Waals surface area (Å²) in [6, 6.07) is 0. The van der Waals surface area contributed by atoms with Crippen molar-refractivity contribution < 1.29 is 42.4 Å². The second kappa shape index (κ2) is 42.7. The van der Waals surface area contributed by atoms with Crippen molar-refractivity contribution in [3.8, 4) is 0 Å². The van der Waals surface area contributed by atoms with Crippen LogP contribution in [-0.2, 0) is 27.9 Å². The summed E-state index contributed by atoms with van der Waals surface area (Å²) >= 11 is 0. The molecular weight excluding hydrogens is 762 g/mol. The summed E-state index contributed by atoms with van der Waals surface area (Å²) in [6.45, 7) is 5.34. The van der Waals surface area contributed by atoms with Crippen LogP contribution in [0.1, 0.15) is 251 Å². The Kier molecular flexibility index (Phi) is 42.4. The first-order valence-corrected chi connectivity index (χ1v) is 26.9. The molecule has 0 amide bonds. The van der Waals surface area contributed by atoms with Crippen molar-refractivity contribution in [2.24, 2.45) is 0 Å². The van der Waals surface area contributed by atoms with Gasteiger partial charge in [0.2, 0.25) is 6.29 Å². The fourth-order valence-corrected chi connectivity index (χ4v) is 8.33. The van der Waals surface area contributed by atoms with Crippen LogP contribution in [0.3, 0.4) is 0 Å². The van der Waals surface area contributed by atoms with Crippen LogP contribution in [0.15, 0.2) is 0 Å². The van der Waals surface area contributed by atoms with E-state index < -0.39 is 26.2 Å². The van der Waals surface area contributed by atoms with Crippen molar-refractivity contribution in [1.82, 2.24) is 0 Å². The van der Waals surface area contributed by atoms with Crippen molar-refractivity contribution >= 4 is 13.8 Å². The molecule has 0 aromatic rings. The first-order chi connectivity index (χ1) is 28.5. The molecule has 0 aliphatic rings. The largest absolute Gasteiger partial charge is 0.474 e. The maximum atomic E-state index is 12.8. The smallest absolute Gasteiger partial charge is 0.454 e. The van der Waals surface area contributed by atoms with Crippen molar-refractivity contribution in [3.63, 3.8) is 0 Å². The van der Waals surface area contributed by atoms with Gasteiger partial charge in [-0.2, -0.15) is 0 Å². The number of rotatable bonds is 48. The maximum absolute atomic E-state index is 12.8. The highest BCUT2D eigenvalue weighted by molar-refractivity contribution is 7.47. The average molecular weight is 863 g/mol. The Morgan fingerprint density at radius 3 is 1.17 bits per heavy atom. The molecule has 0 bridgehead atoms. The molecule has 3 unspecified atom stereocenters. The molecule has 0 aromatic carbocycles. The van der Waals surface area contributed by atoms with Crippen LogP contribution in [0, 0.1) is 0 Å². The third-order valence-corrected chi connectivity index (χ3v) is 12.5. The highest BCUT2D eigenvalue weighted by Gasteiger charge is 2.33. The Hall–Kier alpha value is -0.540. The Labute approximate surface area is 366 Å². The zero-order valence-corrected chi connectivity index (χ0v) is 40.8. The third kappa shape index (κ3) is 45.3. The number of hydrogen-bond acceptors (Lipinski definition) is 7. The van der Waals surface area contributed by atoms with Gasteiger partial charge in [0.1, 0.15) is 13.2 Å². The zero-order chi connectivity index (χ0) is 43.6. The molecule has 0 saturated heterocycles. The van der Waals surface area contributed by atoms with E-state index in [1.54, 1.807) is 0 Å². The summed E-state index contributed by atoms with van der Waals surface area (Å²) in [7, 11) is 1.24. The number of carbonyl (C=O) groups excluding carboxylic acids is 1. The van der Waals surface area contributed by atoms with E-state index in [4.69, 9.17) is 18.5 Å². The summed E-state index contributed by atoms with van der Waals surface area (Å²) < 4.78 is 34.6. The predicted molar refractivity (Wildman–Crippen MR) is 249 cm³/mol. The molecule has 0 rings (SSSR count). The van der Waals surface area contributed by atoms with Crippen LogP contribution < -0.4 is 0 Å². The van der Waals surface area contributed by atoms with Gasteiger partial charge in [-0.25, -0.2) is 4.57 Å². The second-order valence-electron chi connectivity index (χ2n) is 18.7. The van der Waals surface area contributed by atoms with Crippen LogP contribution in [0.4, 0.5) is 0 Å². The lowest BCUT2D eigenvalue weighted by atomic mass is 10.0. The summed E-state index contributed by atoms with van der Waals surface area (Å²) in [6.07, 6.45) is 43.7. The van der Waals surface area contributed by atoms with E-state index in [-0.39, 0.29) is 19.6 Å². The quantitative estimate of drug-likeness (QED) is 0.0205. The number of esters is 1. The fourth-order valence-electron chi connectivity index (χ4n) is 7.54. The molecule has 2 N–H and O–H groups in total. The Bertz CT molecular complexity index is 932. The van der Waals surface area contributed by atoms with Crippen molar-refractivity contribution in [2.45, 2.75) is 264 Å². The molecule has 0 fully saturated rings. The molecule has 3 atom stereocenters. The number of phosphoric ester groups is 1. The first-order valence-electron chi connectivity index (χ1n) is 25.4. The number of aliphatic hydroxyl groups excluding tert-OH is 1. The molecule has 0 spiro atoms. The molecule has 0 radical (unpaired) electrons. The topological polar surface area (TPSA) is 112 Å². The van der Waals surface area contributed by atoms with E-state index >= 15 is 0 Å². The van der Waals surface area contributed by atoms with Gasteiger partial charge in [-0.05, 0) is 12.8 Å². The zero-order valence-electron chi connectivity index (χ0n) is 39.9. The minimum Gasteiger partial charge on any atom is -0.454 e. The maximum Gasteiger partial charge on any atom is 0.474 e. The number of phosphoric acid groups is 1. The van der Waals surface area contributed by atoms with E-state index in [0.29, 0.717) is 24.1 Å². The monoisotopic (exact) mass is 863 g/mol. The predicted octanol–water partition coefficient (Wildman–Crippen LogP) is 14.5. The Balaban J connectivity index is 4.22. The van der Waals surface area contributed by atoms with Gasteiger partial charge >= 0.3 is 13.8 Å². The molecule has 0 aromatic heterocycles. The second-order valence-corrected chi connectivity index (χ2v) is 20.1. The van der Waals surface area contributed by atoms with Crippen molar-refractivity contribution in [2.75, 3.05) is 47.5 Å². The fraction of sp³-hybridized carbons (Fsp3) is 0.980. The first kappa shape index (κ1) is 58.5. The number of unbranched alkanes of at least 4 members (excludes halogenated alkanes) is 34. The number of hydrogen-bond donors (Lipinski definition) is 2. The van der Waals surface area contributed by atoms with Crippen LogP contribution in [0.25, 0.3) is 0 Å². The van der Waals surface area contributed by atoms with Gasteiger partial charge < -0.3 is 24.0 Å². The van der Waals surface area contributed by atoms with Crippen LogP contribution in [0.5, 0.6) is 0 Å². The minimum absolute atomic E-state index is 0.0241. The molecule has 354 valence electrons. The lowest BCUT2D eigenvalue weighted by Crippen LogP contribution is -2.38. The van der Waals surface area contributed by atoms with Gasteiger partial charge in [-0.1, -0.05) is 232 Å².